The van der Waals surface area contributed by atoms with Crippen molar-refractivity contribution in [2.24, 2.45) is 0 Å². The average molecular weight is 533 g/mol. The molecule has 8 nitrogen and oxygen atoms in total. The number of benzene rings is 2. The Hall–Kier alpha value is -4.11. The van der Waals surface area contributed by atoms with E-state index in [4.69, 9.17) is 13.9 Å². The van der Waals surface area contributed by atoms with E-state index in [2.05, 4.69) is 11.9 Å². The lowest BCUT2D eigenvalue weighted by atomic mass is 9.95. The molecule has 1 amide bonds. The molecule has 9 heteroatoms. The standard InChI is InChI=1S/C29H28N2O6S/c1-3-5-6-15-36-19-11-9-18(10-12-19)25-24(26(32)22-8-7-16-37-22)27(33)28(34)31(25)29-30-21-14-13-20(35-4-2)17-23(21)38-29/h7-14,16-17,25,33H,3-6,15H2,1-2H3. The number of amides is 1. The summed E-state index contributed by atoms with van der Waals surface area (Å²) in [5, 5.41) is 11.3. The third kappa shape index (κ3) is 4.89. The van der Waals surface area contributed by atoms with E-state index in [0.717, 1.165) is 24.0 Å². The molecular formula is C29H28N2O6S. The van der Waals surface area contributed by atoms with Crippen LogP contribution in [-0.4, -0.2) is 35.0 Å². The second-order valence-corrected chi connectivity index (χ2v) is 9.84. The van der Waals surface area contributed by atoms with Gasteiger partial charge in [-0.25, -0.2) is 4.98 Å². The highest BCUT2D eigenvalue weighted by Crippen LogP contribution is 2.44. The number of fused-ring (bicyclic) bond motifs is 1. The van der Waals surface area contributed by atoms with Crippen LogP contribution < -0.4 is 14.4 Å². The third-order valence-electron chi connectivity index (χ3n) is 6.28. The first-order valence-electron chi connectivity index (χ1n) is 12.6. The maximum absolute atomic E-state index is 13.4. The second kappa shape index (κ2) is 11.1. The van der Waals surface area contributed by atoms with E-state index in [-0.39, 0.29) is 11.3 Å². The number of hydrogen-bond donors (Lipinski definition) is 1. The lowest BCUT2D eigenvalue weighted by Crippen LogP contribution is -2.30. The third-order valence-corrected chi connectivity index (χ3v) is 7.29. The highest BCUT2D eigenvalue weighted by molar-refractivity contribution is 7.22. The fourth-order valence-corrected chi connectivity index (χ4v) is 5.45. The van der Waals surface area contributed by atoms with Gasteiger partial charge >= 0.3 is 0 Å². The zero-order chi connectivity index (χ0) is 26.6. The van der Waals surface area contributed by atoms with Crippen molar-refractivity contribution in [1.82, 2.24) is 4.98 Å². The molecule has 2 aromatic heterocycles. The SMILES string of the molecule is CCCCCOc1ccc(C2C(C(=O)c3ccco3)=C(O)C(=O)N2c2nc3ccc(OCC)cc3s2)cc1. The van der Waals surface area contributed by atoms with Crippen molar-refractivity contribution in [2.75, 3.05) is 18.1 Å². The minimum Gasteiger partial charge on any atom is -0.503 e. The van der Waals surface area contributed by atoms with E-state index in [0.29, 0.717) is 40.9 Å². The van der Waals surface area contributed by atoms with Gasteiger partial charge in [0.15, 0.2) is 16.7 Å². The molecule has 38 heavy (non-hydrogen) atoms. The lowest BCUT2D eigenvalue weighted by Gasteiger charge is -2.24. The van der Waals surface area contributed by atoms with Crippen molar-refractivity contribution >= 4 is 38.4 Å². The molecule has 1 N–H and O–H groups in total. The number of ketones is 1. The normalized spacial score (nSPS) is 15.5. The van der Waals surface area contributed by atoms with Crippen LogP contribution >= 0.6 is 11.3 Å². The summed E-state index contributed by atoms with van der Waals surface area (Å²) in [6.07, 6.45) is 4.54. The molecule has 0 spiro atoms. The van der Waals surface area contributed by atoms with E-state index in [9.17, 15) is 14.7 Å². The van der Waals surface area contributed by atoms with Gasteiger partial charge in [0, 0.05) is 0 Å². The van der Waals surface area contributed by atoms with Crippen LogP contribution in [0.2, 0.25) is 0 Å². The summed E-state index contributed by atoms with van der Waals surface area (Å²) >= 11 is 1.29. The molecule has 0 fully saturated rings. The van der Waals surface area contributed by atoms with Crippen molar-refractivity contribution in [3.8, 4) is 11.5 Å². The predicted octanol–water partition coefficient (Wildman–Crippen LogP) is 6.64. The van der Waals surface area contributed by atoms with Gasteiger partial charge in [-0.1, -0.05) is 43.2 Å². The molecule has 0 saturated carbocycles. The number of unbranched alkanes of at least 4 members (excludes halogenated alkanes) is 2. The monoisotopic (exact) mass is 532 g/mol. The Bertz CT molecular complexity index is 1470. The van der Waals surface area contributed by atoms with Crippen LogP contribution in [0.15, 0.2) is 76.6 Å². The van der Waals surface area contributed by atoms with Crippen LogP contribution in [0.3, 0.4) is 0 Å². The van der Waals surface area contributed by atoms with Crippen LogP contribution in [0.25, 0.3) is 10.2 Å². The summed E-state index contributed by atoms with van der Waals surface area (Å²) in [6.45, 7) is 5.18. The van der Waals surface area contributed by atoms with E-state index in [1.807, 2.05) is 25.1 Å². The van der Waals surface area contributed by atoms with Crippen LogP contribution in [0, 0.1) is 0 Å². The molecule has 1 aliphatic heterocycles. The number of carbonyl (C=O) groups is 2. The van der Waals surface area contributed by atoms with E-state index < -0.39 is 23.5 Å². The number of anilines is 1. The summed E-state index contributed by atoms with van der Waals surface area (Å²) in [5.74, 6) is -0.458. The van der Waals surface area contributed by atoms with Gasteiger partial charge in [0.2, 0.25) is 5.78 Å². The molecule has 0 aliphatic carbocycles. The number of hydrogen-bond acceptors (Lipinski definition) is 8. The first-order chi connectivity index (χ1) is 18.5. The number of thiazole rings is 1. The van der Waals surface area contributed by atoms with Gasteiger partial charge in [-0.15, -0.1) is 0 Å². The molecule has 0 radical (unpaired) electrons. The molecule has 0 bridgehead atoms. The van der Waals surface area contributed by atoms with Crippen molar-refractivity contribution in [1.29, 1.82) is 0 Å². The second-order valence-electron chi connectivity index (χ2n) is 8.83. The maximum Gasteiger partial charge on any atom is 0.296 e. The molecule has 196 valence electrons. The molecule has 3 heterocycles. The Kier molecular flexibility index (Phi) is 7.46. The van der Waals surface area contributed by atoms with Crippen LogP contribution in [-0.2, 0) is 4.79 Å². The van der Waals surface area contributed by atoms with Crippen molar-refractivity contribution in [3.63, 3.8) is 0 Å². The lowest BCUT2D eigenvalue weighted by molar-refractivity contribution is -0.117. The van der Waals surface area contributed by atoms with E-state index in [1.54, 1.807) is 30.3 Å². The topological polar surface area (TPSA) is 102 Å². The van der Waals surface area contributed by atoms with Gasteiger partial charge in [-0.2, -0.15) is 0 Å². The Morgan fingerprint density at radius 1 is 1.08 bits per heavy atom. The number of Topliss-reactive ketones (excluding diaryl/α,β-unsaturated/α-hetero) is 1. The molecule has 0 saturated heterocycles. The highest BCUT2D eigenvalue weighted by Gasteiger charge is 2.46. The number of aliphatic hydroxyl groups is 1. The highest BCUT2D eigenvalue weighted by atomic mass is 32.1. The number of rotatable bonds is 11. The van der Waals surface area contributed by atoms with E-state index >= 15 is 0 Å². The van der Waals surface area contributed by atoms with Crippen LogP contribution in [0.4, 0.5) is 5.13 Å². The summed E-state index contributed by atoms with van der Waals surface area (Å²) in [5.41, 5.74) is 1.25. The van der Waals surface area contributed by atoms with E-state index in [1.165, 1.54) is 28.6 Å². The van der Waals surface area contributed by atoms with Gasteiger partial charge in [0.05, 0.1) is 41.3 Å². The molecular weight excluding hydrogens is 504 g/mol. The summed E-state index contributed by atoms with van der Waals surface area (Å²) in [7, 11) is 0. The number of nitrogens with zero attached hydrogens (tertiary/aromatic N) is 2. The fourth-order valence-electron chi connectivity index (χ4n) is 4.43. The zero-order valence-electron chi connectivity index (χ0n) is 21.2. The van der Waals surface area contributed by atoms with Crippen molar-refractivity contribution < 1.29 is 28.6 Å². The minimum absolute atomic E-state index is 0.0349. The Morgan fingerprint density at radius 2 is 1.87 bits per heavy atom. The fraction of sp³-hybridized carbons (Fsp3) is 0.276. The Balaban J connectivity index is 1.54. The molecule has 4 aromatic rings. The molecule has 1 unspecified atom stereocenters. The van der Waals surface area contributed by atoms with Gasteiger partial charge in [-0.3, -0.25) is 14.5 Å². The van der Waals surface area contributed by atoms with Gasteiger partial charge in [0.1, 0.15) is 11.5 Å². The molecule has 5 rings (SSSR count). The first kappa shape index (κ1) is 25.5. The number of aliphatic hydroxyl groups excluding tert-OH is 1. The van der Waals surface area contributed by atoms with Gasteiger partial charge < -0.3 is 19.0 Å². The van der Waals surface area contributed by atoms with Gasteiger partial charge in [-0.05, 0) is 61.4 Å². The quantitative estimate of drug-likeness (QED) is 0.171. The van der Waals surface area contributed by atoms with Gasteiger partial charge in [0.25, 0.3) is 5.91 Å². The Labute approximate surface area is 224 Å². The summed E-state index contributed by atoms with van der Waals surface area (Å²) < 4.78 is 17.6. The minimum atomic E-state index is -0.902. The molecule has 1 aliphatic rings. The number of aromatic nitrogens is 1. The zero-order valence-corrected chi connectivity index (χ0v) is 22.0. The maximum atomic E-state index is 13.4. The predicted molar refractivity (Wildman–Crippen MR) is 145 cm³/mol. The van der Waals surface area contributed by atoms with Crippen molar-refractivity contribution in [3.05, 3.63) is 83.5 Å². The van der Waals surface area contributed by atoms with Crippen LogP contribution in [0.5, 0.6) is 11.5 Å². The number of carbonyl (C=O) groups excluding carboxylic acids is 2. The van der Waals surface area contributed by atoms with Crippen LogP contribution in [0.1, 0.15) is 55.3 Å². The smallest absolute Gasteiger partial charge is 0.296 e. The first-order valence-corrected chi connectivity index (χ1v) is 13.4. The summed E-state index contributed by atoms with van der Waals surface area (Å²) in [6, 6.07) is 14.9. The largest absolute Gasteiger partial charge is 0.503 e. The van der Waals surface area contributed by atoms with Crippen molar-refractivity contribution in [2.45, 2.75) is 39.2 Å². The molecule has 2 aromatic carbocycles. The number of ether oxygens (including phenoxy) is 2. The average Bonchev–Trinajstić information content (AvgIpc) is 3.66. The number of furan rings is 1. The molecule has 1 atom stereocenters. The Morgan fingerprint density at radius 3 is 2.58 bits per heavy atom. The summed E-state index contributed by atoms with van der Waals surface area (Å²) in [4.78, 5) is 32.9.